The Bertz CT molecular complexity index is 2050. The topological polar surface area (TPSA) is 119 Å². The fourth-order valence-electron chi connectivity index (χ4n) is 9.14. The summed E-state index contributed by atoms with van der Waals surface area (Å²) in [7, 11) is -0.720. The molecule has 260 valence electrons. The zero-order chi connectivity index (χ0) is 34.8. The van der Waals surface area contributed by atoms with Crippen LogP contribution in [-0.2, 0) is 20.4 Å². The van der Waals surface area contributed by atoms with Crippen molar-refractivity contribution in [3.8, 4) is 17.6 Å². The Morgan fingerprint density at radius 2 is 1.82 bits per heavy atom. The van der Waals surface area contributed by atoms with Crippen LogP contribution in [-0.4, -0.2) is 110 Å². The molecule has 0 bridgehead atoms. The maximum atomic E-state index is 15.6. The lowest BCUT2D eigenvalue weighted by atomic mass is 9.65. The number of pyridine rings is 1. The molecule has 0 N–H and O–H groups in total. The lowest BCUT2D eigenvalue weighted by Gasteiger charge is -2.66. The number of nitrogens with zero attached hydrogens (tertiary/aromatic N) is 6. The standard InChI is InChI=1S/C38H42N6O5S/c1-4-49-29-11-13-33(48-3)31(20-29)38(43-24-37(25-43)22-42(23-37)28-14-17-41(2)18-15-28)30-19-26(21-39)10-12-32(30)44(36(38)45)50(46,47)34-9-5-7-27-8-6-16-40-35(27)34/h5-13,16,19-20,28,30,32H,4,14-15,17-18,22-25H2,1-3H3. The van der Waals surface area contributed by atoms with Crippen molar-refractivity contribution in [3.05, 3.63) is 84.1 Å². The number of sulfonamides is 1. The van der Waals surface area contributed by atoms with Gasteiger partial charge in [0.05, 0.1) is 31.3 Å². The summed E-state index contributed by atoms with van der Waals surface area (Å²) >= 11 is 0. The maximum Gasteiger partial charge on any atom is 0.269 e. The number of rotatable bonds is 8. The van der Waals surface area contributed by atoms with Gasteiger partial charge in [-0.1, -0.05) is 30.4 Å². The van der Waals surface area contributed by atoms with Crippen LogP contribution in [0.25, 0.3) is 10.9 Å². The maximum absolute atomic E-state index is 15.6. The van der Waals surface area contributed by atoms with Gasteiger partial charge in [0.2, 0.25) is 0 Å². The van der Waals surface area contributed by atoms with Crippen molar-refractivity contribution in [1.82, 2.24) is 24.0 Å². The van der Waals surface area contributed by atoms with Crippen molar-refractivity contribution in [2.24, 2.45) is 11.3 Å². The second-order valence-electron chi connectivity index (χ2n) is 14.4. The number of hydrogen-bond acceptors (Lipinski definition) is 10. The first kappa shape index (κ1) is 32.9. The lowest BCUT2D eigenvalue weighted by molar-refractivity contribution is -0.181. The Morgan fingerprint density at radius 1 is 1.06 bits per heavy atom. The molecular weight excluding hydrogens is 653 g/mol. The summed E-state index contributed by atoms with van der Waals surface area (Å²) in [5.74, 6) is -0.292. The van der Waals surface area contributed by atoms with E-state index in [2.05, 4.69) is 32.8 Å². The highest BCUT2D eigenvalue weighted by atomic mass is 32.2. The molecule has 1 aliphatic carbocycles. The number of ether oxygens (including phenoxy) is 2. The SMILES string of the molecule is CCOc1ccc(OC)c(C2(N3CC4(CN(C5CCN(C)CC5)C4)C3)C(=O)N(S(=O)(=O)c3cccc4cccnc34)C3C=CC(C#N)=CC32)c1. The first-order valence-electron chi connectivity index (χ1n) is 17.4. The van der Waals surface area contributed by atoms with Gasteiger partial charge in [0.25, 0.3) is 15.9 Å². The Labute approximate surface area is 293 Å². The van der Waals surface area contributed by atoms with E-state index in [-0.39, 0.29) is 10.3 Å². The molecule has 4 aliphatic heterocycles. The number of para-hydroxylation sites is 1. The van der Waals surface area contributed by atoms with Gasteiger partial charge in [-0.05, 0) is 76.3 Å². The number of likely N-dealkylation sites (tertiary alicyclic amines) is 3. The average Bonchev–Trinajstić information content (AvgIpc) is 3.35. The number of amides is 1. The normalized spacial score (nSPS) is 27.0. The summed E-state index contributed by atoms with van der Waals surface area (Å²) in [6.45, 7) is 7.58. The smallest absolute Gasteiger partial charge is 0.269 e. The van der Waals surface area contributed by atoms with Gasteiger partial charge in [0, 0.05) is 66.3 Å². The summed E-state index contributed by atoms with van der Waals surface area (Å²) < 4.78 is 42.8. The summed E-state index contributed by atoms with van der Waals surface area (Å²) in [6, 6.07) is 15.9. The molecule has 1 amide bonds. The first-order valence-corrected chi connectivity index (χ1v) is 18.8. The van der Waals surface area contributed by atoms with Crippen LogP contribution in [0.4, 0.5) is 0 Å². The van der Waals surface area contributed by atoms with E-state index in [0.717, 1.165) is 43.3 Å². The molecule has 5 heterocycles. The van der Waals surface area contributed by atoms with Crippen LogP contribution in [0.1, 0.15) is 25.3 Å². The fourth-order valence-corrected chi connectivity index (χ4v) is 10.9. The van der Waals surface area contributed by atoms with Crippen LogP contribution in [0.3, 0.4) is 0 Å². The first-order chi connectivity index (χ1) is 24.1. The predicted octanol–water partition coefficient (Wildman–Crippen LogP) is 3.78. The Hall–Kier alpha value is -4.28. The van der Waals surface area contributed by atoms with Crippen molar-refractivity contribution >= 4 is 26.8 Å². The molecule has 0 saturated carbocycles. The number of nitriles is 1. The molecule has 1 aromatic heterocycles. The molecule has 50 heavy (non-hydrogen) atoms. The van der Waals surface area contributed by atoms with E-state index in [0.29, 0.717) is 59.3 Å². The number of benzene rings is 2. The number of fused-ring (bicyclic) bond motifs is 2. The van der Waals surface area contributed by atoms with Crippen molar-refractivity contribution < 1.29 is 22.7 Å². The van der Waals surface area contributed by atoms with Crippen LogP contribution in [0.5, 0.6) is 11.5 Å². The molecule has 12 heteroatoms. The predicted molar refractivity (Wildman–Crippen MR) is 188 cm³/mol. The highest BCUT2D eigenvalue weighted by molar-refractivity contribution is 7.90. The Morgan fingerprint density at radius 3 is 2.54 bits per heavy atom. The number of carbonyl (C=O) groups is 1. The molecule has 5 aliphatic rings. The van der Waals surface area contributed by atoms with Crippen LogP contribution < -0.4 is 9.47 Å². The van der Waals surface area contributed by atoms with Crippen LogP contribution >= 0.6 is 0 Å². The molecule has 2 aromatic carbocycles. The minimum Gasteiger partial charge on any atom is -0.496 e. The number of aromatic nitrogens is 1. The van der Waals surface area contributed by atoms with Crippen molar-refractivity contribution in [2.75, 3.05) is 60.0 Å². The molecule has 3 unspecified atom stereocenters. The molecular formula is C38H42N6O5S. The van der Waals surface area contributed by atoms with Crippen molar-refractivity contribution in [3.63, 3.8) is 0 Å². The third-order valence-electron chi connectivity index (χ3n) is 11.5. The summed E-state index contributed by atoms with van der Waals surface area (Å²) in [5, 5.41) is 10.8. The van der Waals surface area contributed by atoms with Crippen LogP contribution in [0.15, 0.2) is 83.4 Å². The highest BCUT2D eigenvalue weighted by Gasteiger charge is 2.70. The van der Waals surface area contributed by atoms with E-state index in [9.17, 15) is 13.7 Å². The van der Waals surface area contributed by atoms with Gasteiger partial charge in [0.15, 0.2) is 0 Å². The number of piperidine rings is 1. The number of hydrogen-bond donors (Lipinski definition) is 0. The van der Waals surface area contributed by atoms with Gasteiger partial charge >= 0.3 is 0 Å². The largest absolute Gasteiger partial charge is 0.496 e. The molecule has 3 atom stereocenters. The third kappa shape index (κ3) is 4.89. The summed E-state index contributed by atoms with van der Waals surface area (Å²) in [5.41, 5.74) is -0.297. The molecule has 4 fully saturated rings. The Balaban J connectivity index is 1.26. The minimum absolute atomic E-state index is 0.00494. The van der Waals surface area contributed by atoms with E-state index in [4.69, 9.17) is 9.47 Å². The average molecular weight is 695 g/mol. The minimum atomic E-state index is -4.45. The van der Waals surface area contributed by atoms with Gasteiger partial charge in [-0.2, -0.15) is 5.26 Å². The number of methoxy groups -OCH3 is 1. The molecule has 8 rings (SSSR count). The van der Waals surface area contributed by atoms with Crippen LogP contribution in [0.2, 0.25) is 0 Å². The van der Waals surface area contributed by atoms with E-state index < -0.39 is 33.4 Å². The summed E-state index contributed by atoms with van der Waals surface area (Å²) in [4.78, 5) is 27.1. The van der Waals surface area contributed by atoms with E-state index >= 15 is 4.79 Å². The van der Waals surface area contributed by atoms with Gasteiger partial charge in [0.1, 0.15) is 21.9 Å². The van der Waals surface area contributed by atoms with E-state index in [1.807, 2.05) is 13.0 Å². The quantitative estimate of drug-likeness (QED) is 0.345. The zero-order valence-electron chi connectivity index (χ0n) is 28.7. The summed E-state index contributed by atoms with van der Waals surface area (Å²) in [6.07, 6.45) is 8.94. The van der Waals surface area contributed by atoms with Gasteiger partial charge < -0.3 is 14.4 Å². The molecule has 3 aromatic rings. The Kier molecular flexibility index (Phi) is 8.02. The molecule has 1 spiro atoms. The second-order valence-corrected chi connectivity index (χ2v) is 16.2. The number of allylic oxidation sites excluding steroid dienone is 2. The third-order valence-corrected chi connectivity index (χ3v) is 13.3. The molecule has 11 nitrogen and oxygen atoms in total. The highest BCUT2D eigenvalue weighted by Crippen LogP contribution is 2.58. The van der Waals surface area contributed by atoms with Gasteiger partial charge in [-0.25, -0.2) is 12.7 Å². The van der Waals surface area contributed by atoms with E-state index in [1.54, 1.807) is 67.9 Å². The van der Waals surface area contributed by atoms with Crippen LogP contribution in [0, 0.1) is 22.7 Å². The molecule has 0 radical (unpaired) electrons. The fraction of sp³-hybridized carbons (Fsp3) is 0.447. The van der Waals surface area contributed by atoms with Gasteiger partial charge in [-0.3, -0.25) is 19.6 Å². The van der Waals surface area contributed by atoms with E-state index in [1.165, 1.54) is 6.07 Å². The van der Waals surface area contributed by atoms with Crippen molar-refractivity contribution in [2.45, 2.75) is 42.3 Å². The number of carbonyl (C=O) groups excluding carboxylic acids is 1. The van der Waals surface area contributed by atoms with Crippen molar-refractivity contribution in [1.29, 1.82) is 5.26 Å². The second kappa shape index (κ2) is 12.2. The lowest BCUT2D eigenvalue weighted by Crippen LogP contribution is -2.78. The zero-order valence-corrected chi connectivity index (χ0v) is 29.5. The molecule has 4 saturated heterocycles. The monoisotopic (exact) mass is 694 g/mol. The van der Waals surface area contributed by atoms with Gasteiger partial charge in [-0.15, -0.1) is 0 Å².